The lowest BCUT2D eigenvalue weighted by Crippen LogP contribution is -2.31. The fourth-order valence-electron chi connectivity index (χ4n) is 2.00. The summed E-state index contributed by atoms with van der Waals surface area (Å²) in [5, 5.41) is 4.41. The number of aromatic nitrogens is 1. The van der Waals surface area contributed by atoms with E-state index in [0.717, 1.165) is 18.2 Å². The van der Waals surface area contributed by atoms with Gasteiger partial charge in [0.2, 0.25) is 10.0 Å². The molecule has 124 valence electrons. The maximum Gasteiger partial charge on any atom is 0.260 e. The Morgan fingerprint density at radius 1 is 1.35 bits per heavy atom. The van der Waals surface area contributed by atoms with Crippen molar-refractivity contribution < 1.29 is 17.6 Å². The van der Waals surface area contributed by atoms with Gasteiger partial charge in [-0.3, -0.25) is 10.1 Å². The summed E-state index contributed by atoms with van der Waals surface area (Å²) >= 11 is 1.18. The summed E-state index contributed by atoms with van der Waals surface area (Å²) in [4.78, 5) is 15.9. The second-order valence-corrected chi connectivity index (χ2v) is 7.35. The third-order valence-electron chi connectivity index (χ3n) is 3.18. The molecule has 0 aliphatic rings. The molecule has 0 radical (unpaired) electrons. The van der Waals surface area contributed by atoms with Crippen molar-refractivity contribution >= 4 is 32.4 Å². The van der Waals surface area contributed by atoms with Crippen LogP contribution in [0.4, 0.5) is 9.52 Å². The van der Waals surface area contributed by atoms with Crippen LogP contribution in [0.3, 0.4) is 0 Å². The predicted molar refractivity (Wildman–Crippen MR) is 86.6 cm³/mol. The number of carbonyl (C=O) groups excluding carboxylic acids is 1. The number of hydrogen-bond donors (Lipinski definition) is 1. The van der Waals surface area contributed by atoms with Gasteiger partial charge in [0.15, 0.2) is 5.13 Å². The van der Waals surface area contributed by atoms with E-state index in [9.17, 15) is 17.6 Å². The first-order valence-electron chi connectivity index (χ1n) is 6.90. The van der Waals surface area contributed by atoms with E-state index in [1.807, 2.05) is 0 Å². The topological polar surface area (TPSA) is 79.4 Å². The highest BCUT2D eigenvalue weighted by Crippen LogP contribution is 2.20. The van der Waals surface area contributed by atoms with Crippen LogP contribution >= 0.6 is 11.3 Å². The third kappa shape index (κ3) is 3.74. The van der Waals surface area contributed by atoms with Crippen LogP contribution in [-0.2, 0) is 10.0 Å². The minimum absolute atomic E-state index is 0.119. The zero-order valence-electron chi connectivity index (χ0n) is 12.6. The number of anilines is 1. The first-order valence-corrected chi connectivity index (χ1v) is 9.22. The summed E-state index contributed by atoms with van der Waals surface area (Å²) in [6, 6.07) is 3.18. The number of benzene rings is 1. The predicted octanol–water partition coefficient (Wildman–Crippen LogP) is 2.57. The molecular formula is C14H16FN3O3S2. The molecule has 9 heteroatoms. The van der Waals surface area contributed by atoms with Gasteiger partial charge in [-0.05, 0) is 18.2 Å². The van der Waals surface area contributed by atoms with E-state index in [0.29, 0.717) is 5.13 Å². The number of nitrogens with one attached hydrogen (secondary N) is 1. The van der Waals surface area contributed by atoms with Crippen molar-refractivity contribution in [2.45, 2.75) is 18.7 Å². The summed E-state index contributed by atoms with van der Waals surface area (Å²) in [7, 11) is -3.76. The summed E-state index contributed by atoms with van der Waals surface area (Å²) in [6.45, 7) is 4.00. The number of amides is 1. The Hall–Kier alpha value is -1.84. The molecule has 0 fully saturated rings. The van der Waals surface area contributed by atoms with E-state index in [2.05, 4.69) is 10.3 Å². The van der Waals surface area contributed by atoms with Crippen molar-refractivity contribution in [1.29, 1.82) is 0 Å². The van der Waals surface area contributed by atoms with Gasteiger partial charge in [0, 0.05) is 24.7 Å². The van der Waals surface area contributed by atoms with E-state index in [-0.39, 0.29) is 23.5 Å². The molecule has 2 aromatic rings. The van der Waals surface area contributed by atoms with Crippen LogP contribution in [0.25, 0.3) is 0 Å². The van der Waals surface area contributed by atoms with Gasteiger partial charge >= 0.3 is 0 Å². The molecule has 1 aromatic carbocycles. The summed E-state index contributed by atoms with van der Waals surface area (Å²) in [5.41, 5.74) is -0.339. The molecule has 0 saturated carbocycles. The maximum absolute atomic E-state index is 13.9. The smallest absolute Gasteiger partial charge is 0.260 e. The summed E-state index contributed by atoms with van der Waals surface area (Å²) in [5.74, 6) is -1.54. The molecule has 0 aliphatic heterocycles. The van der Waals surface area contributed by atoms with Crippen molar-refractivity contribution in [3.63, 3.8) is 0 Å². The van der Waals surface area contributed by atoms with Crippen LogP contribution in [0.15, 0.2) is 34.7 Å². The standard InChI is InChI=1S/C14H16FN3O3S2/c1-3-18(4-2)23(20,21)10-5-6-12(15)11(9-10)13(19)17-14-16-7-8-22-14/h5-9H,3-4H2,1-2H3,(H,16,17,19). The highest BCUT2D eigenvalue weighted by Gasteiger charge is 2.24. The average Bonchev–Trinajstić information content (AvgIpc) is 3.01. The first-order chi connectivity index (χ1) is 10.9. The fourth-order valence-corrected chi connectivity index (χ4v) is 4.01. The van der Waals surface area contributed by atoms with Crippen LogP contribution in [0.2, 0.25) is 0 Å². The lowest BCUT2D eigenvalue weighted by atomic mass is 10.2. The number of carbonyl (C=O) groups is 1. The molecule has 1 aromatic heterocycles. The number of nitrogens with zero attached hydrogens (tertiary/aromatic N) is 2. The highest BCUT2D eigenvalue weighted by molar-refractivity contribution is 7.89. The number of thiazole rings is 1. The molecule has 0 spiro atoms. The van der Waals surface area contributed by atoms with E-state index in [1.54, 1.807) is 19.2 Å². The molecule has 2 rings (SSSR count). The molecule has 1 amide bonds. The number of rotatable bonds is 6. The van der Waals surface area contributed by atoms with Crippen LogP contribution in [0, 0.1) is 5.82 Å². The Labute approximate surface area is 138 Å². The van der Waals surface area contributed by atoms with Gasteiger partial charge in [0.25, 0.3) is 5.91 Å². The number of sulfonamides is 1. The van der Waals surface area contributed by atoms with Gasteiger partial charge in [-0.2, -0.15) is 4.31 Å². The highest BCUT2D eigenvalue weighted by atomic mass is 32.2. The van der Waals surface area contributed by atoms with Gasteiger partial charge in [-0.25, -0.2) is 17.8 Å². The maximum atomic E-state index is 13.9. The Balaban J connectivity index is 2.37. The monoisotopic (exact) mass is 357 g/mol. The van der Waals surface area contributed by atoms with E-state index in [4.69, 9.17) is 0 Å². The Morgan fingerprint density at radius 2 is 2.04 bits per heavy atom. The van der Waals surface area contributed by atoms with Gasteiger partial charge in [0.1, 0.15) is 5.82 Å². The van der Waals surface area contributed by atoms with Gasteiger partial charge in [0.05, 0.1) is 10.5 Å². The van der Waals surface area contributed by atoms with E-state index >= 15 is 0 Å². The van der Waals surface area contributed by atoms with Crippen molar-refractivity contribution in [3.8, 4) is 0 Å². The molecule has 1 heterocycles. The van der Waals surface area contributed by atoms with Gasteiger partial charge < -0.3 is 0 Å². The fraction of sp³-hybridized carbons (Fsp3) is 0.286. The zero-order chi connectivity index (χ0) is 17.0. The van der Waals surface area contributed by atoms with Crippen molar-refractivity contribution in [2.75, 3.05) is 18.4 Å². The molecule has 0 unspecified atom stereocenters. The normalized spacial score (nSPS) is 11.7. The number of hydrogen-bond acceptors (Lipinski definition) is 5. The Morgan fingerprint density at radius 3 is 2.61 bits per heavy atom. The Bertz CT molecular complexity index is 788. The molecule has 23 heavy (non-hydrogen) atoms. The number of halogens is 1. The van der Waals surface area contributed by atoms with Crippen LogP contribution in [0.5, 0.6) is 0 Å². The molecule has 0 aliphatic carbocycles. The Kier molecular flexibility index (Phi) is 5.45. The van der Waals surface area contributed by atoms with Gasteiger partial charge in [-0.1, -0.05) is 13.8 Å². The molecular weight excluding hydrogens is 341 g/mol. The van der Waals surface area contributed by atoms with Crippen LogP contribution in [0.1, 0.15) is 24.2 Å². The van der Waals surface area contributed by atoms with Gasteiger partial charge in [-0.15, -0.1) is 11.3 Å². The minimum Gasteiger partial charge on any atom is -0.298 e. The zero-order valence-corrected chi connectivity index (χ0v) is 14.2. The minimum atomic E-state index is -3.76. The molecule has 6 nitrogen and oxygen atoms in total. The molecule has 0 atom stereocenters. The quantitative estimate of drug-likeness (QED) is 0.862. The lowest BCUT2D eigenvalue weighted by molar-refractivity contribution is 0.102. The van der Waals surface area contributed by atoms with Crippen LogP contribution < -0.4 is 5.32 Å². The van der Waals surface area contributed by atoms with Crippen molar-refractivity contribution in [3.05, 3.63) is 41.2 Å². The summed E-state index contributed by atoms with van der Waals surface area (Å²) in [6.07, 6.45) is 1.50. The first kappa shape index (κ1) is 17.5. The second-order valence-electron chi connectivity index (χ2n) is 4.52. The second kappa shape index (κ2) is 7.16. The van der Waals surface area contributed by atoms with Crippen molar-refractivity contribution in [2.24, 2.45) is 0 Å². The summed E-state index contributed by atoms with van der Waals surface area (Å²) < 4.78 is 40.1. The lowest BCUT2D eigenvalue weighted by Gasteiger charge is -2.18. The SMILES string of the molecule is CCN(CC)S(=O)(=O)c1ccc(F)c(C(=O)Nc2nccs2)c1. The average molecular weight is 357 g/mol. The van der Waals surface area contributed by atoms with E-state index in [1.165, 1.54) is 21.8 Å². The largest absolute Gasteiger partial charge is 0.298 e. The third-order valence-corrected chi connectivity index (χ3v) is 5.91. The van der Waals surface area contributed by atoms with Crippen LogP contribution in [-0.4, -0.2) is 36.7 Å². The van der Waals surface area contributed by atoms with E-state index < -0.39 is 21.7 Å². The molecule has 0 bridgehead atoms. The van der Waals surface area contributed by atoms with Crippen molar-refractivity contribution in [1.82, 2.24) is 9.29 Å². The molecule has 0 saturated heterocycles. The molecule has 1 N–H and O–H groups in total.